The molecule has 0 atom stereocenters. The Kier molecular flexibility index (Phi) is 6.65. The van der Waals surface area contributed by atoms with Crippen LogP contribution in [-0.2, 0) is 6.54 Å². The maximum absolute atomic E-state index is 13.9. The van der Waals surface area contributed by atoms with Crippen LogP contribution in [0.4, 0.5) is 27.8 Å². The van der Waals surface area contributed by atoms with E-state index in [4.69, 9.17) is 11.6 Å². The molecule has 1 amide bonds. The molecule has 0 radical (unpaired) electrons. The Morgan fingerprint density at radius 1 is 0.800 bits per heavy atom. The van der Waals surface area contributed by atoms with Crippen LogP contribution in [0.5, 0.6) is 0 Å². The van der Waals surface area contributed by atoms with Crippen molar-refractivity contribution in [2.24, 2.45) is 0 Å². The molecule has 1 N–H and O–H groups in total. The van der Waals surface area contributed by atoms with Crippen LogP contribution < -0.4 is 5.32 Å². The third kappa shape index (κ3) is 4.78. The van der Waals surface area contributed by atoms with Crippen molar-refractivity contribution < 1.29 is 31.5 Å². The van der Waals surface area contributed by atoms with E-state index in [0.717, 1.165) is 4.68 Å². The number of benzene rings is 3. The molecule has 0 aliphatic heterocycles. The van der Waals surface area contributed by atoms with Gasteiger partial charge in [-0.3, -0.25) is 14.3 Å². The maximum atomic E-state index is 13.9. The first kappa shape index (κ1) is 24.1. The summed E-state index contributed by atoms with van der Waals surface area (Å²) in [5, 5.41) is 6.77. The van der Waals surface area contributed by atoms with Gasteiger partial charge < -0.3 is 5.32 Å². The van der Waals surface area contributed by atoms with E-state index in [0.29, 0.717) is 10.6 Å². The smallest absolute Gasteiger partial charge is 0.257 e. The number of ketones is 1. The van der Waals surface area contributed by atoms with E-state index >= 15 is 0 Å². The number of amides is 1. The summed E-state index contributed by atoms with van der Waals surface area (Å²) in [4.78, 5) is 25.7. The molecule has 178 valence electrons. The summed E-state index contributed by atoms with van der Waals surface area (Å²) in [5.41, 5.74) is -0.641. The number of nitrogens with zero attached hydrogens (tertiary/aromatic N) is 2. The third-order valence-corrected chi connectivity index (χ3v) is 5.28. The molecular weight excluding hydrogens is 493 g/mol. The summed E-state index contributed by atoms with van der Waals surface area (Å²) in [5.74, 6) is -11.6. The van der Waals surface area contributed by atoms with Gasteiger partial charge in [0, 0.05) is 28.4 Å². The molecule has 35 heavy (non-hydrogen) atoms. The molecule has 0 saturated heterocycles. The van der Waals surface area contributed by atoms with Gasteiger partial charge in [0.2, 0.25) is 5.82 Å². The van der Waals surface area contributed by atoms with Crippen molar-refractivity contribution in [3.05, 3.63) is 117 Å². The number of carbonyl (C=O) groups is 2. The van der Waals surface area contributed by atoms with Crippen LogP contribution in [0.25, 0.3) is 0 Å². The van der Waals surface area contributed by atoms with Gasteiger partial charge >= 0.3 is 0 Å². The molecule has 0 spiro atoms. The first-order chi connectivity index (χ1) is 16.7. The standard InChI is InChI=1S/C24H13ClF5N3O2/c25-13-7-5-12(6-8-13)23(34)14-3-1-2-4-15(14)24(35)31-17-9-10-33(32-17)11-16-18(26)20(28)22(30)21(29)19(16)27/h1-10H,11H2,(H,31,32,35). The van der Waals surface area contributed by atoms with Crippen molar-refractivity contribution in [2.75, 3.05) is 5.32 Å². The molecule has 3 aromatic carbocycles. The van der Waals surface area contributed by atoms with Gasteiger partial charge in [0.05, 0.1) is 17.7 Å². The molecule has 4 aromatic rings. The minimum absolute atomic E-state index is 0.0294. The number of carbonyl (C=O) groups excluding carboxylic acids is 2. The highest BCUT2D eigenvalue weighted by atomic mass is 35.5. The van der Waals surface area contributed by atoms with E-state index in [2.05, 4.69) is 10.4 Å². The number of rotatable bonds is 6. The van der Waals surface area contributed by atoms with Gasteiger partial charge in [0.15, 0.2) is 34.9 Å². The van der Waals surface area contributed by atoms with Crippen LogP contribution in [0.1, 0.15) is 31.8 Å². The monoisotopic (exact) mass is 505 g/mol. The van der Waals surface area contributed by atoms with Crippen LogP contribution in [0.3, 0.4) is 0 Å². The lowest BCUT2D eigenvalue weighted by atomic mass is 9.98. The molecule has 4 rings (SSSR count). The predicted molar refractivity (Wildman–Crippen MR) is 117 cm³/mol. The third-order valence-electron chi connectivity index (χ3n) is 5.03. The van der Waals surface area contributed by atoms with Crippen molar-refractivity contribution in [1.82, 2.24) is 9.78 Å². The second-order valence-electron chi connectivity index (χ2n) is 7.28. The van der Waals surface area contributed by atoms with Gasteiger partial charge in [0.1, 0.15) is 0 Å². The molecule has 11 heteroatoms. The first-order valence-corrected chi connectivity index (χ1v) is 10.3. The average molecular weight is 506 g/mol. The minimum Gasteiger partial charge on any atom is -0.305 e. The van der Waals surface area contributed by atoms with E-state index < -0.39 is 52.9 Å². The van der Waals surface area contributed by atoms with Crippen molar-refractivity contribution >= 4 is 29.1 Å². The van der Waals surface area contributed by atoms with Crippen molar-refractivity contribution in [1.29, 1.82) is 0 Å². The Bertz CT molecular complexity index is 1430. The predicted octanol–water partition coefficient (Wildman–Crippen LogP) is 5.76. The second-order valence-corrected chi connectivity index (χ2v) is 7.72. The lowest BCUT2D eigenvalue weighted by molar-refractivity contribution is 0.0996. The number of nitrogens with one attached hydrogen (secondary N) is 1. The summed E-state index contributed by atoms with van der Waals surface area (Å²) >= 11 is 5.85. The fourth-order valence-electron chi connectivity index (χ4n) is 3.29. The molecule has 0 bridgehead atoms. The van der Waals surface area contributed by atoms with Gasteiger partial charge in [-0.15, -0.1) is 0 Å². The fourth-order valence-corrected chi connectivity index (χ4v) is 3.41. The average Bonchev–Trinajstić information content (AvgIpc) is 3.31. The number of hydrogen-bond acceptors (Lipinski definition) is 3. The molecule has 0 aliphatic carbocycles. The largest absolute Gasteiger partial charge is 0.305 e. The molecule has 1 heterocycles. The number of aromatic nitrogens is 2. The quantitative estimate of drug-likeness (QED) is 0.157. The zero-order chi connectivity index (χ0) is 25.3. The van der Waals surface area contributed by atoms with Crippen LogP contribution in [0, 0.1) is 29.1 Å². The highest BCUT2D eigenvalue weighted by Crippen LogP contribution is 2.24. The number of halogens is 6. The highest BCUT2D eigenvalue weighted by Gasteiger charge is 2.26. The Hall–Kier alpha value is -4.05. The van der Waals surface area contributed by atoms with Gasteiger partial charge in [-0.05, 0) is 30.3 Å². The Morgan fingerprint density at radius 2 is 1.37 bits per heavy atom. The van der Waals surface area contributed by atoms with Gasteiger partial charge in [0.25, 0.3) is 5.91 Å². The fraction of sp³-hybridized carbons (Fsp3) is 0.0417. The SMILES string of the molecule is O=C(Nc1ccn(Cc2c(F)c(F)c(F)c(F)c2F)n1)c1ccccc1C(=O)c1ccc(Cl)cc1. The second kappa shape index (κ2) is 9.67. The van der Waals surface area contributed by atoms with Crippen molar-refractivity contribution in [3.63, 3.8) is 0 Å². The van der Waals surface area contributed by atoms with E-state index in [9.17, 15) is 31.5 Å². The summed E-state index contributed by atoms with van der Waals surface area (Å²) < 4.78 is 68.9. The normalized spacial score (nSPS) is 10.9. The zero-order valence-corrected chi connectivity index (χ0v) is 18.2. The van der Waals surface area contributed by atoms with Crippen LogP contribution >= 0.6 is 11.6 Å². The van der Waals surface area contributed by atoms with Gasteiger partial charge in [-0.2, -0.15) is 5.10 Å². The molecule has 0 unspecified atom stereocenters. The summed E-state index contributed by atoms with van der Waals surface area (Å²) in [6.07, 6.45) is 1.18. The van der Waals surface area contributed by atoms with Crippen LogP contribution in [0.15, 0.2) is 60.8 Å². The van der Waals surface area contributed by atoms with Gasteiger partial charge in [-0.1, -0.05) is 29.8 Å². The van der Waals surface area contributed by atoms with Crippen molar-refractivity contribution in [2.45, 2.75) is 6.54 Å². The summed E-state index contributed by atoms with van der Waals surface area (Å²) in [6.45, 7) is -0.784. The molecular formula is C24H13ClF5N3O2. The number of anilines is 1. The highest BCUT2D eigenvalue weighted by molar-refractivity contribution is 6.30. The zero-order valence-electron chi connectivity index (χ0n) is 17.5. The first-order valence-electron chi connectivity index (χ1n) is 9.91. The van der Waals surface area contributed by atoms with Crippen LogP contribution in [-0.4, -0.2) is 21.5 Å². The Labute approximate surface area is 199 Å². The lowest BCUT2D eigenvalue weighted by Crippen LogP contribution is -2.17. The van der Waals surface area contributed by atoms with E-state index in [1.807, 2.05) is 0 Å². The Balaban J connectivity index is 1.55. The maximum Gasteiger partial charge on any atom is 0.257 e. The summed E-state index contributed by atoms with van der Waals surface area (Å²) in [7, 11) is 0. The van der Waals surface area contributed by atoms with Crippen molar-refractivity contribution in [3.8, 4) is 0 Å². The van der Waals surface area contributed by atoms with E-state index in [-0.39, 0.29) is 16.9 Å². The molecule has 5 nitrogen and oxygen atoms in total. The topological polar surface area (TPSA) is 64.0 Å². The molecule has 0 fully saturated rings. The lowest BCUT2D eigenvalue weighted by Gasteiger charge is -2.09. The Morgan fingerprint density at radius 3 is 2.00 bits per heavy atom. The molecule has 1 aromatic heterocycles. The van der Waals surface area contributed by atoms with E-state index in [1.165, 1.54) is 48.7 Å². The molecule has 0 saturated carbocycles. The molecule has 0 aliphatic rings. The van der Waals surface area contributed by atoms with E-state index in [1.54, 1.807) is 12.1 Å². The number of hydrogen-bond donors (Lipinski definition) is 1. The minimum atomic E-state index is -2.26. The summed E-state index contributed by atoms with van der Waals surface area (Å²) in [6, 6.07) is 13.4. The van der Waals surface area contributed by atoms with Gasteiger partial charge in [-0.25, -0.2) is 22.0 Å². The van der Waals surface area contributed by atoms with Crippen LogP contribution in [0.2, 0.25) is 5.02 Å².